The van der Waals surface area contributed by atoms with Crippen molar-refractivity contribution in [2.24, 2.45) is 7.05 Å². The van der Waals surface area contributed by atoms with Crippen molar-refractivity contribution >= 4 is 16.8 Å². The highest BCUT2D eigenvalue weighted by molar-refractivity contribution is 6.04. The summed E-state index contributed by atoms with van der Waals surface area (Å²) in [5.74, 6) is -0.941. The highest BCUT2D eigenvalue weighted by Crippen LogP contribution is 2.18. The highest BCUT2D eigenvalue weighted by Gasteiger charge is 2.15. The van der Waals surface area contributed by atoms with Crippen molar-refractivity contribution in [1.29, 1.82) is 0 Å². The number of hydrogen-bond donors (Lipinski definition) is 1. The molecule has 1 aromatic carbocycles. The number of hydrogen-bond acceptors (Lipinski definition) is 2. The second-order valence-corrected chi connectivity index (χ2v) is 3.58. The smallest absolute Gasteiger partial charge is 0.272 e. The summed E-state index contributed by atoms with van der Waals surface area (Å²) in [6.07, 6.45) is 0. The number of fused-ring (bicyclic) bond motifs is 1. The number of carbonyl (C=O) groups is 1. The minimum absolute atomic E-state index is 0.0772. The van der Waals surface area contributed by atoms with Crippen molar-refractivity contribution in [3.05, 3.63) is 29.7 Å². The fourth-order valence-corrected chi connectivity index (χ4v) is 1.65. The second kappa shape index (κ2) is 4.48. The van der Waals surface area contributed by atoms with Gasteiger partial charge in [-0.1, -0.05) is 0 Å². The van der Waals surface area contributed by atoms with E-state index in [-0.39, 0.29) is 12.2 Å². The van der Waals surface area contributed by atoms with Gasteiger partial charge in [0.2, 0.25) is 0 Å². The van der Waals surface area contributed by atoms with Crippen LogP contribution in [0.25, 0.3) is 10.9 Å². The van der Waals surface area contributed by atoms with Gasteiger partial charge in [0.25, 0.3) is 5.91 Å². The van der Waals surface area contributed by atoms with Crippen molar-refractivity contribution in [3.8, 4) is 0 Å². The molecule has 1 heterocycles. The first kappa shape index (κ1) is 11.5. The molecule has 0 aliphatic rings. The third-order valence-corrected chi connectivity index (χ3v) is 2.41. The van der Waals surface area contributed by atoms with Crippen LogP contribution in [0.2, 0.25) is 0 Å². The van der Waals surface area contributed by atoms with Crippen LogP contribution >= 0.6 is 0 Å². The number of rotatable bonds is 3. The fourth-order valence-electron chi connectivity index (χ4n) is 1.65. The van der Waals surface area contributed by atoms with E-state index in [1.807, 2.05) is 0 Å². The van der Waals surface area contributed by atoms with Crippen molar-refractivity contribution in [3.63, 3.8) is 0 Å². The SMILES string of the molecule is Cn1nc(C(=O)NCCF)c2cc(F)ccc21. The molecule has 0 saturated carbocycles. The zero-order valence-electron chi connectivity index (χ0n) is 9.20. The second-order valence-electron chi connectivity index (χ2n) is 3.58. The van der Waals surface area contributed by atoms with E-state index in [9.17, 15) is 13.6 Å². The summed E-state index contributed by atoms with van der Waals surface area (Å²) in [6.45, 7) is -0.725. The zero-order valence-corrected chi connectivity index (χ0v) is 9.20. The van der Waals surface area contributed by atoms with Gasteiger partial charge in [-0.2, -0.15) is 5.10 Å². The van der Waals surface area contributed by atoms with Gasteiger partial charge in [0.1, 0.15) is 12.5 Å². The first-order valence-corrected chi connectivity index (χ1v) is 5.10. The van der Waals surface area contributed by atoms with E-state index in [4.69, 9.17) is 0 Å². The average molecular weight is 239 g/mol. The Balaban J connectivity index is 2.46. The van der Waals surface area contributed by atoms with Gasteiger partial charge in [0.15, 0.2) is 5.69 Å². The van der Waals surface area contributed by atoms with Gasteiger partial charge in [-0.15, -0.1) is 0 Å². The maximum absolute atomic E-state index is 13.1. The molecule has 0 bridgehead atoms. The lowest BCUT2D eigenvalue weighted by Crippen LogP contribution is -2.26. The highest BCUT2D eigenvalue weighted by atomic mass is 19.1. The summed E-state index contributed by atoms with van der Waals surface area (Å²) in [5, 5.41) is 6.78. The number of nitrogens with zero attached hydrogens (tertiary/aromatic N) is 2. The number of alkyl halides is 1. The largest absolute Gasteiger partial charge is 0.348 e. The third kappa shape index (κ3) is 2.11. The van der Waals surface area contributed by atoms with Crippen LogP contribution in [0, 0.1) is 5.82 Å². The molecule has 0 aliphatic carbocycles. The molecule has 0 saturated heterocycles. The van der Waals surface area contributed by atoms with Gasteiger partial charge >= 0.3 is 0 Å². The Morgan fingerprint density at radius 1 is 1.53 bits per heavy atom. The molecule has 0 unspecified atom stereocenters. The van der Waals surface area contributed by atoms with E-state index in [0.717, 1.165) is 0 Å². The Bertz CT molecular complexity index is 565. The molecule has 1 amide bonds. The van der Waals surface area contributed by atoms with Crippen LogP contribution < -0.4 is 5.32 Å². The van der Waals surface area contributed by atoms with Gasteiger partial charge in [-0.05, 0) is 18.2 Å². The molecule has 90 valence electrons. The predicted octanol–water partition coefficient (Wildman–Crippen LogP) is 1.41. The van der Waals surface area contributed by atoms with E-state index < -0.39 is 18.4 Å². The molecule has 1 N–H and O–H groups in total. The zero-order chi connectivity index (χ0) is 12.4. The lowest BCUT2D eigenvalue weighted by molar-refractivity contribution is 0.0946. The van der Waals surface area contributed by atoms with E-state index in [1.54, 1.807) is 13.1 Å². The first-order valence-electron chi connectivity index (χ1n) is 5.10. The normalized spacial score (nSPS) is 10.8. The summed E-state index contributed by atoms with van der Waals surface area (Å²) in [5.41, 5.74) is 0.757. The minimum atomic E-state index is -0.648. The molecule has 0 spiro atoms. The van der Waals surface area contributed by atoms with Crippen LogP contribution in [-0.2, 0) is 7.05 Å². The monoisotopic (exact) mass is 239 g/mol. The molecule has 0 atom stereocenters. The number of nitrogens with one attached hydrogen (secondary N) is 1. The van der Waals surface area contributed by atoms with Crippen LogP contribution in [-0.4, -0.2) is 28.9 Å². The molecule has 0 radical (unpaired) electrons. The Hall–Kier alpha value is -1.98. The minimum Gasteiger partial charge on any atom is -0.348 e. The number of carbonyl (C=O) groups excluding carboxylic acids is 1. The summed E-state index contributed by atoms with van der Waals surface area (Å²) in [7, 11) is 1.66. The van der Waals surface area contributed by atoms with E-state index in [2.05, 4.69) is 10.4 Å². The number of aromatic nitrogens is 2. The van der Waals surface area contributed by atoms with Gasteiger partial charge < -0.3 is 5.32 Å². The average Bonchev–Trinajstić information content (AvgIpc) is 2.63. The Morgan fingerprint density at radius 3 is 3.00 bits per heavy atom. The Labute approximate surface area is 96.2 Å². The first-order chi connectivity index (χ1) is 8.13. The lowest BCUT2D eigenvalue weighted by atomic mass is 10.2. The number of aryl methyl sites for hydroxylation is 1. The summed E-state index contributed by atoms with van der Waals surface area (Å²) < 4.78 is 26.5. The molecule has 17 heavy (non-hydrogen) atoms. The van der Waals surface area contributed by atoms with Crippen molar-refractivity contribution in [2.75, 3.05) is 13.2 Å². The van der Waals surface area contributed by atoms with Crippen molar-refractivity contribution in [1.82, 2.24) is 15.1 Å². The third-order valence-electron chi connectivity index (χ3n) is 2.41. The van der Waals surface area contributed by atoms with Crippen molar-refractivity contribution in [2.45, 2.75) is 0 Å². The van der Waals surface area contributed by atoms with Crippen LogP contribution in [0.5, 0.6) is 0 Å². The van der Waals surface area contributed by atoms with Gasteiger partial charge in [-0.25, -0.2) is 8.78 Å². The molecule has 0 fully saturated rings. The molecule has 4 nitrogen and oxygen atoms in total. The van der Waals surface area contributed by atoms with E-state index in [0.29, 0.717) is 10.9 Å². The predicted molar refractivity (Wildman–Crippen MR) is 59.0 cm³/mol. The molecular weight excluding hydrogens is 228 g/mol. The molecule has 6 heteroatoms. The van der Waals surface area contributed by atoms with Gasteiger partial charge in [-0.3, -0.25) is 9.48 Å². The number of benzene rings is 1. The molecular formula is C11H11F2N3O. The summed E-state index contributed by atoms with van der Waals surface area (Å²) in [4.78, 5) is 11.7. The Morgan fingerprint density at radius 2 is 2.29 bits per heavy atom. The lowest BCUT2D eigenvalue weighted by Gasteiger charge is -1.99. The molecule has 1 aromatic heterocycles. The van der Waals surface area contributed by atoms with Gasteiger partial charge in [0.05, 0.1) is 5.52 Å². The van der Waals surface area contributed by atoms with Crippen LogP contribution in [0.15, 0.2) is 18.2 Å². The quantitative estimate of drug-likeness (QED) is 0.880. The van der Waals surface area contributed by atoms with Gasteiger partial charge in [0, 0.05) is 19.0 Å². The number of amides is 1. The van der Waals surface area contributed by atoms with Crippen LogP contribution in [0.3, 0.4) is 0 Å². The number of halogens is 2. The Kier molecular flexibility index (Phi) is 3.03. The molecule has 0 aliphatic heterocycles. The van der Waals surface area contributed by atoms with E-state index in [1.165, 1.54) is 16.8 Å². The fraction of sp³-hybridized carbons (Fsp3) is 0.273. The molecule has 2 aromatic rings. The topological polar surface area (TPSA) is 46.9 Å². The maximum atomic E-state index is 13.1. The summed E-state index contributed by atoms with van der Waals surface area (Å²) in [6, 6.07) is 4.09. The molecule has 2 rings (SSSR count). The van der Waals surface area contributed by atoms with Crippen LogP contribution in [0.1, 0.15) is 10.5 Å². The van der Waals surface area contributed by atoms with Crippen molar-refractivity contribution < 1.29 is 13.6 Å². The maximum Gasteiger partial charge on any atom is 0.272 e. The van der Waals surface area contributed by atoms with Crippen LogP contribution in [0.4, 0.5) is 8.78 Å². The standard InChI is InChI=1S/C11H11F2N3O/c1-16-9-3-2-7(13)6-8(9)10(15-16)11(17)14-5-4-12/h2-3,6H,4-5H2,1H3,(H,14,17). The van der Waals surface area contributed by atoms with E-state index >= 15 is 0 Å². The summed E-state index contributed by atoms with van der Waals surface area (Å²) >= 11 is 0.